The highest BCUT2D eigenvalue weighted by Gasteiger charge is 2.30. The summed E-state index contributed by atoms with van der Waals surface area (Å²) in [5.74, 6) is -0.497. The van der Waals surface area contributed by atoms with E-state index in [9.17, 15) is 14.2 Å². The number of phosphoric ester groups is 1. The van der Waals surface area contributed by atoms with Crippen LogP contribution in [0.1, 0.15) is 53.6 Å². The summed E-state index contributed by atoms with van der Waals surface area (Å²) in [5, 5.41) is 2.86. The number of carbonyl (C=O) groups excluding carboxylic acids is 2. The van der Waals surface area contributed by atoms with E-state index in [0.29, 0.717) is 24.0 Å². The number of Topliss-reactive ketones (excluding diaryl/α,β-unsaturated/α-hetero) is 1. The van der Waals surface area contributed by atoms with Crippen molar-refractivity contribution in [2.75, 3.05) is 0 Å². The Morgan fingerprint density at radius 1 is 1.16 bits per heavy atom. The van der Waals surface area contributed by atoms with Crippen LogP contribution in [0.3, 0.4) is 0 Å². The first-order valence-corrected chi connectivity index (χ1v) is 12.2. The lowest BCUT2D eigenvalue weighted by Gasteiger charge is -2.20. The van der Waals surface area contributed by atoms with Crippen molar-refractivity contribution in [1.82, 2.24) is 5.32 Å². The molecule has 2 aromatic carbocycles. The number of allylic oxidation sites excluding steroid dienone is 1. The molecule has 0 radical (unpaired) electrons. The van der Waals surface area contributed by atoms with Gasteiger partial charge in [0.25, 0.3) is 5.91 Å². The van der Waals surface area contributed by atoms with E-state index in [1.165, 1.54) is 18.2 Å². The number of aryl methyl sites for hydroxylation is 1. The molecule has 1 aliphatic carbocycles. The topological polar surface area (TPSA) is 113 Å². The van der Waals surface area contributed by atoms with Gasteiger partial charge in [-0.3, -0.25) is 19.4 Å². The number of nitrogens with one attached hydrogen (secondary N) is 1. The van der Waals surface area contributed by atoms with Crippen molar-refractivity contribution in [3.63, 3.8) is 0 Å². The van der Waals surface area contributed by atoms with E-state index in [4.69, 9.17) is 9.79 Å². The number of phosphoric acid groups is 1. The molecule has 2 atom stereocenters. The molecule has 0 heterocycles. The largest absolute Gasteiger partial charge is 0.524 e. The van der Waals surface area contributed by atoms with Gasteiger partial charge < -0.3 is 9.84 Å². The van der Waals surface area contributed by atoms with Crippen molar-refractivity contribution in [2.24, 2.45) is 5.92 Å². The molecule has 0 spiro atoms. The quantitative estimate of drug-likeness (QED) is 0.419. The minimum atomic E-state index is -4.68. The summed E-state index contributed by atoms with van der Waals surface area (Å²) in [7, 11) is -4.68. The third kappa shape index (κ3) is 6.89. The Kier molecular flexibility index (Phi) is 8.02. The Hall–Kier alpha value is -2.73. The summed E-state index contributed by atoms with van der Waals surface area (Å²) in [6.45, 7) is 1.65. The van der Waals surface area contributed by atoms with Crippen LogP contribution >= 0.6 is 7.82 Å². The van der Waals surface area contributed by atoms with Crippen LogP contribution in [0.15, 0.2) is 54.6 Å². The van der Waals surface area contributed by atoms with Gasteiger partial charge in [0.05, 0.1) is 6.04 Å². The number of hydrogen-bond acceptors (Lipinski definition) is 4. The van der Waals surface area contributed by atoms with Gasteiger partial charge in [0.2, 0.25) is 0 Å². The van der Waals surface area contributed by atoms with Gasteiger partial charge in [0.1, 0.15) is 5.75 Å². The molecule has 3 N–H and O–H groups in total. The van der Waals surface area contributed by atoms with Gasteiger partial charge in [-0.25, -0.2) is 4.57 Å². The molecule has 0 bridgehead atoms. The molecule has 1 amide bonds. The first-order valence-electron chi connectivity index (χ1n) is 10.6. The molecule has 32 heavy (non-hydrogen) atoms. The van der Waals surface area contributed by atoms with Gasteiger partial charge >= 0.3 is 7.82 Å². The normalized spacial score (nSPS) is 19.5. The lowest BCUT2D eigenvalue weighted by Crippen LogP contribution is -2.42. The zero-order valence-corrected chi connectivity index (χ0v) is 18.8. The van der Waals surface area contributed by atoms with Crippen molar-refractivity contribution in [2.45, 2.75) is 45.1 Å². The number of hydrogen-bond donors (Lipinski definition) is 3. The van der Waals surface area contributed by atoms with Crippen molar-refractivity contribution >= 4 is 25.6 Å². The van der Waals surface area contributed by atoms with E-state index in [1.807, 2.05) is 42.5 Å². The molecule has 170 valence electrons. The summed E-state index contributed by atoms with van der Waals surface area (Å²) in [4.78, 5) is 43.8. The molecule has 8 heteroatoms. The Morgan fingerprint density at radius 2 is 1.88 bits per heavy atom. The van der Waals surface area contributed by atoms with Gasteiger partial charge in [0, 0.05) is 11.5 Å². The Bertz CT molecular complexity index is 1030. The molecule has 1 saturated carbocycles. The van der Waals surface area contributed by atoms with E-state index >= 15 is 0 Å². The summed E-state index contributed by atoms with van der Waals surface area (Å²) in [6, 6.07) is 13.5. The zero-order chi connectivity index (χ0) is 23.1. The molecule has 0 aromatic heterocycles. The highest BCUT2D eigenvalue weighted by Crippen LogP contribution is 2.38. The summed E-state index contributed by atoms with van der Waals surface area (Å²) < 4.78 is 15.6. The van der Waals surface area contributed by atoms with Gasteiger partial charge in [-0.15, -0.1) is 0 Å². The predicted molar refractivity (Wildman–Crippen MR) is 122 cm³/mol. The number of rotatable bonds is 7. The minimum Gasteiger partial charge on any atom is -0.404 e. The Balaban J connectivity index is 1.65. The predicted octanol–water partition coefficient (Wildman–Crippen LogP) is 4.43. The van der Waals surface area contributed by atoms with Crippen molar-refractivity contribution in [3.05, 3.63) is 71.3 Å². The number of carbonyl (C=O) groups is 2. The van der Waals surface area contributed by atoms with Crippen LogP contribution < -0.4 is 9.84 Å². The van der Waals surface area contributed by atoms with Crippen LogP contribution in [0.2, 0.25) is 0 Å². The molecule has 7 nitrogen and oxygen atoms in total. The number of amides is 1. The van der Waals surface area contributed by atoms with E-state index in [2.05, 4.69) is 9.84 Å². The first kappa shape index (κ1) is 23.9. The van der Waals surface area contributed by atoms with E-state index < -0.39 is 13.9 Å². The Labute approximate surface area is 187 Å². The lowest BCUT2D eigenvalue weighted by atomic mass is 9.92. The molecule has 2 aromatic rings. The minimum absolute atomic E-state index is 0.0248. The zero-order valence-electron chi connectivity index (χ0n) is 17.9. The van der Waals surface area contributed by atoms with Crippen molar-refractivity contribution in [3.8, 4) is 5.75 Å². The van der Waals surface area contributed by atoms with Crippen molar-refractivity contribution < 1.29 is 28.5 Å². The standard InChI is InChI=1S/C24H28NO6P/c1-17-16-20(31-32(28,29)30)14-15-21(17)24(27)25-22-13-6-5-11-19(23(22)26)12-7-10-18-8-3-2-4-9-18/h2-4,7-10,14-16,19,22H,5-6,11-13H2,1H3,(H,25,27)(H2,28,29,30)/b10-7+. The fraction of sp³-hybridized carbons (Fsp3) is 0.333. The fourth-order valence-corrected chi connectivity index (χ4v) is 4.33. The van der Waals surface area contributed by atoms with Crippen LogP contribution in [-0.2, 0) is 9.36 Å². The second-order valence-corrected chi connectivity index (χ2v) is 9.18. The van der Waals surface area contributed by atoms with Gasteiger partial charge in [-0.1, -0.05) is 55.3 Å². The van der Waals surface area contributed by atoms with Gasteiger partial charge in [0.15, 0.2) is 5.78 Å². The first-order chi connectivity index (χ1) is 15.2. The molecule has 3 rings (SSSR count). The van der Waals surface area contributed by atoms with Crippen LogP contribution in [0.25, 0.3) is 6.08 Å². The van der Waals surface area contributed by atoms with E-state index in [0.717, 1.165) is 24.8 Å². The van der Waals surface area contributed by atoms with Crippen LogP contribution in [0.5, 0.6) is 5.75 Å². The summed E-state index contributed by atoms with van der Waals surface area (Å²) >= 11 is 0. The Morgan fingerprint density at radius 3 is 2.56 bits per heavy atom. The maximum Gasteiger partial charge on any atom is 0.524 e. The maximum absolute atomic E-state index is 13.1. The van der Waals surface area contributed by atoms with Crippen LogP contribution in [-0.4, -0.2) is 27.5 Å². The maximum atomic E-state index is 13.1. The smallest absolute Gasteiger partial charge is 0.404 e. The van der Waals surface area contributed by atoms with Crippen LogP contribution in [0, 0.1) is 12.8 Å². The highest BCUT2D eigenvalue weighted by molar-refractivity contribution is 7.46. The summed E-state index contributed by atoms with van der Waals surface area (Å²) in [6.07, 6.45) is 7.87. The van der Waals surface area contributed by atoms with Gasteiger partial charge in [-0.05, 0) is 55.5 Å². The second-order valence-electron chi connectivity index (χ2n) is 8.02. The third-order valence-electron chi connectivity index (χ3n) is 5.54. The molecule has 1 aliphatic rings. The van der Waals surface area contributed by atoms with Crippen molar-refractivity contribution in [1.29, 1.82) is 0 Å². The van der Waals surface area contributed by atoms with E-state index in [-0.39, 0.29) is 23.4 Å². The second kappa shape index (κ2) is 10.7. The third-order valence-corrected chi connectivity index (χ3v) is 5.99. The lowest BCUT2D eigenvalue weighted by molar-refractivity contribution is -0.124. The SMILES string of the molecule is Cc1cc(OP(=O)(O)O)ccc1C(=O)NC1CCCCC(C/C=C/c2ccccc2)C1=O. The molecule has 0 aliphatic heterocycles. The average Bonchev–Trinajstić information content (AvgIpc) is 2.89. The molecule has 0 saturated heterocycles. The molecular formula is C24H28NO6P. The molecular weight excluding hydrogens is 429 g/mol. The molecule has 1 fully saturated rings. The van der Waals surface area contributed by atoms with E-state index in [1.54, 1.807) is 6.92 Å². The number of benzene rings is 2. The monoisotopic (exact) mass is 457 g/mol. The highest BCUT2D eigenvalue weighted by atomic mass is 31.2. The fourth-order valence-electron chi connectivity index (χ4n) is 3.94. The average molecular weight is 457 g/mol. The summed E-state index contributed by atoms with van der Waals surface area (Å²) in [5.41, 5.74) is 1.91. The van der Waals surface area contributed by atoms with Gasteiger partial charge in [-0.2, -0.15) is 0 Å². The molecule has 2 unspecified atom stereocenters. The van der Waals surface area contributed by atoms with Crippen LogP contribution in [0.4, 0.5) is 0 Å². The number of ketones is 1.